The van der Waals surface area contributed by atoms with Crippen molar-refractivity contribution in [3.63, 3.8) is 0 Å². The number of ether oxygens (including phenoxy) is 1. The number of para-hydroxylation sites is 1. The maximum absolute atomic E-state index is 5.26. The van der Waals surface area contributed by atoms with Crippen molar-refractivity contribution in [1.29, 1.82) is 0 Å². The topological polar surface area (TPSA) is 21.6 Å². The molecular weight excluding hydrogens is 421 g/mol. The van der Waals surface area contributed by atoms with Gasteiger partial charge in [0.05, 0.1) is 18.5 Å². The molecule has 3 heteroatoms. The van der Waals surface area contributed by atoms with E-state index < -0.39 is 0 Å². The molecule has 0 radical (unpaired) electrons. The standard InChI is InChI=1S/C22H18INO/c1-25-19-14-12-18(13-15-19)21(16-11-17-7-3-2-4-8-17)24-22-10-6-5-9-20(22)23/h2-16H,1H3/b16-11+,24-21?. The van der Waals surface area contributed by atoms with Crippen LogP contribution in [0.15, 0.2) is 89.9 Å². The number of hydrogen-bond donors (Lipinski definition) is 0. The highest BCUT2D eigenvalue weighted by molar-refractivity contribution is 14.1. The molecule has 0 N–H and O–H groups in total. The third-order valence-electron chi connectivity index (χ3n) is 3.71. The van der Waals surface area contributed by atoms with Crippen LogP contribution < -0.4 is 4.74 Å². The van der Waals surface area contributed by atoms with E-state index in [1.165, 1.54) is 0 Å². The lowest BCUT2D eigenvalue weighted by atomic mass is 10.1. The molecular formula is C22H18INO. The first-order chi connectivity index (χ1) is 12.3. The molecule has 0 bridgehead atoms. The van der Waals surface area contributed by atoms with Gasteiger partial charge in [0.25, 0.3) is 0 Å². The second-order valence-electron chi connectivity index (χ2n) is 5.42. The number of benzene rings is 3. The number of rotatable bonds is 5. The second kappa shape index (κ2) is 8.62. The molecule has 3 aromatic carbocycles. The summed E-state index contributed by atoms with van der Waals surface area (Å²) in [6.45, 7) is 0. The average molecular weight is 439 g/mol. The van der Waals surface area contributed by atoms with Gasteiger partial charge >= 0.3 is 0 Å². The molecule has 2 nitrogen and oxygen atoms in total. The predicted molar refractivity (Wildman–Crippen MR) is 114 cm³/mol. The molecule has 0 aliphatic rings. The van der Waals surface area contributed by atoms with Gasteiger partial charge in [-0.25, -0.2) is 4.99 Å². The Morgan fingerprint density at radius 3 is 2.24 bits per heavy atom. The van der Waals surface area contributed by atoms with Crippen LogP contribution in [0.25, 0.3) is 6.08 Å². The fourth-order valence-electron chi connectivity index (χ4n) is 2.37. The summed E-state index contributed by atoms with van der Waals surface area (Å²) in [7, 11) is 1.67. The Hall–Kier alpha value is -2.40. The minimum atomic E-state index is 0.837. The molecule has 0 amide bonds. The van der Waals surface area contributed by atoms with Crippen molar-refractivity contribution < 1.29 is 4.74 Å². The molecule has 0 aliphatic carbocycles. The van der Waals surface area contributed by atoms with Crippen LogP contribution in [-0.2, 0) is 0 Å². The zero-order valence-corrected chi connectivity index (χ0v) is 16.1. The molecule has 0 aliphatic heterocycles. The number of hydrogen-bond acceptors (Lipinski definition) is 2. The van der Waals surface area contributed by atoms with E-state index in [2.05, 4.69) is 52.9 Å². The SMILES string of the molecule is COc1ccc(C(/C=C/c2ccccc2)=Nc2ccccc2I)cc1. The first kappa shape index (κ1) is 17.4. The summed E-state index contributed by atoms with van der Waals surface area (Å²) in [6.07, 6.45) is 4.14. The third-order valence-corrected chi connectivity index (χ3v) is 4.62. The molecule has 0 atom stereocenters. The number of methoxy groups -OCH3 is 1. The van der Waals surface area contributed by atoms with Crippen molar-refractivity contribution >= 4 is 40.1 Å². The van der Waals surface area contributed by atoms with Crippen LogP contribution in [-0.4, -0.2) is 12.8 Å². The molecule has 0 spiro atoms. The van der Waals surface area contributed by atoms with Crippen molar-refractivity contribution in [2.45, 2.75) is 0 Å². The molecule has 3 aromatic rings. The van der Waals surface area contributed by atoms with Crippen LogP contribution in [0.2, 0.25) is 0 Å². The molecule has 0 saturated carbocycles. The van der Waals surface area contributed by atoms with Gasteiger partial charge in [-0.2, -0.15) is 0 Å². The van der Waals surface area contributed by atoms with E-state index in [9.17, 15) is 0 Å². The highest BCUT2D eigenvalue weighted by Crippen LogP contribution is 2.23. The van der Waals surface area contributed by atoms with E-state index in [1.54, 1.807) is 7.11 Å². The second-order valence-corrected chi connectivity index (χ2v) is 6.58. The summed E-state index contributed by atoms with van der Waals surface area (Å²) in [5.41, 5.74) is 4.07. The smallest absolute Gasteiger partial charge is 0.118 e. The van der Waals surface area contributed by atoms with Gasteiger partial charge in [0, 0.05) is 9.13 Å². The zero-order chi connectivity index (χ0) is 17.5. The van der Waals surface area contributed by atoms with Gasteiger partial charge in [-0.15, -0.1) is 0 Å². The Kier molecular flexibility index (Phi) is 6.01. The van der Waals surface area contributed by atoms with E-state index in [0.717, 1.165) is 31.8 Å². The normalized spacial score (nSPS) is 11.7. The number of allylic oxidation sites excluding steroid dienone is 1. The van der Waals surface area contributed by atoms with Gasteiger partial charge in [0.2, 0.25) is 0 Å². The molecule has 3 rings (SSSR count). The Morgan fingerprint density at radius 1 is 0.880 bits per heavy atom. The van der Waals surface area contributed by atoms with E-state index in [0.29, 0.717) is 0 Å². The summed E-state index contributed by atoms with van der Waals surface area (Å²) in [6, 6.07) is 26.3. The average Bonchev–Trinajstić information content (AvgIpc) is 2.67. The maximum Gasteiger partial charge on any atom is 0.118 e. The first-order valence-electron chi connectivity index (χ1n) is 7.97. The third kappa shape index (κ3) is 4.79. The van der Waals surface area contributed by atoms with Crippen molar-refractivity contribution in [3.05, 3.63) is 99.6 Å². The van der Waals surface area contributed by atoms with Gasteiger partial charge in [-0.3, -0.25) is 0 Å². The molecule has 0 fully saturated rings. The number of nitrogens with zero attached hydrogens (tertiary/aromatic N) is 1. The van der Waals surface area contributed by atoms with Crippen molar-refractivity contribution in [2.75, 3.05) is 7.11 Å². The van der Waals surface area contributed by atoms with Crippen molar-refractivity contribution in [3.8, 4) is 5.75 Å². The van der Waals surface area contributed by atoms with Crippen LogP contribution >= 0.6 is 22.6 Å². The molecule has 25 heavy (non-hydrogen) atoms. The maximum atomic E-state index is 5.26. The van der Waals surface area contributed by atoms with Crippen LogP contribution in [0.5, 0.6) is 5.75 Å². The molecule has 0 heterocycles. The Bertz CT molecular complexity index is 883. The summed E-state index contributed by atoms with van der Waals surface area (Å²) in [5, 5.41) is 0. The summed E-state index contributed by atoms with van der Waals surface area (Å²) in [5.74, 6) is 0.837. The van der Waals surface area contributed by atoms with Crippen molar-refractivity contribution in [2.24, 2.45) is 4.99 Å². The quantitative estimate of drug-likeness (QED) is 0.346. The highest BCUT2D eigenvalue weighted by atomic mass is 127. The summed E-state index contributed by atoms with van der Waals surface area (Å²) >= 11 is 2.31. The molecule has 0 saturated heterocycles. The van der Waals surface area contributed by atoms with E-state index >= 15 is 0 Å². The summed E-state index contributed by atoms with van der Waals surface area (Å²) in [4.78, 5) is 4.88. The van der Waals surface area contributed by atoms with E-state index in [1.807, 2.05) is 60.7 Å². The Balaban J connectivity index is 2.01. The largest absolute Gasteiger partial charge is 0.497 e. The van der Waals surface area contributed by atoms with Crippen LogP contribution in [0.4, 0.5) is 5.69 Å². The van der Waals surface area contributed by atoms with Gasteiger partial charge < -0.3 is 4.74 Å². The van der Waals surface area contributed by atoms with E-state index in [4.69, 9.17) is 9.73 Å². The van der Waals surface area contributed by atoms with Gasteiger partial charge in [0.15, 0.2) is 0 Å². The number of aliphatic imine (C=N–C) groups is 1. The minimum Gasteiger partial charge on any atom is -0.497 e. The fraction of sp³-hybridized carbons (Fsp3) is 0.0455. The highest BCUT2D eigenvalue weighted by Gasteiger charge is 2.03. The van der Waals surface area contributed by atoms with Crippen LogP contribution in [0.1, 0.15) is 11.1 Å². The van der Waals surface area contributed by atoms with Crippen LogP contribution in [0.3, 0.4) is 0 Å². The first-order valence-corrected chi connectivity index (χ1v) is 9.05. The van der Waals surface area contributed by atoms with Gasteiger partial charge in [-0.1, -0.05) is 48.5 Å². The van der Waals surface area contributed by atoms with Gasteiger partial charge in [0.1, 0.15) is 5.75 Å². The molecule has 0 aromatic heterocycles. The van der Waals surface area contributed by atoms with Gasteiger partial charge in [-0.05, 0) is 70.6 Å². The summed E-state index contributed by atoms with van der Waals surface area (Å²) < 4.78 is 6.38. The van der Waals surface area contributed by atoms with Crippen molar-refractivity contribution in [1.82, 2.24) is 0 Å². The lowest BCUT2D eigenvalue weighted by Crippen LogP contribution is -1.97. The van der Waals surface area contributed by atoms with Crippen LogP contribution in [0, 0.1) is 3.57 Å². The minimum absolute atomic E-state index is 0.837. The van der Waals surface area contributed by atoms with E-state index in [-0.39, 0.29) is 0 Å². The predicted octanol–water partition coefficient (Wildman–Crippen LogP) is 6.13. The Morgan fingerprint density at radius 2 is 1.56 bits per heavy atom. The molecule has 0 unspecified atom stereocenters. The zero-order valence-electron chi connectivity index (χ0n) is 13.9. The number of halogens is 1. The monoisotopic (exact) mass is 439 g/mol. The Labute approximate surface area is 162 Å². The lowest BCUT2D eigenvalue weighted by molar-refractivity contribution is 0.415. The molecule has 124 valence electrons. The lowest BCUT2D eigenvalue weighted by Gasteiger charge is -2.06. The fourth-order valence-corrected chi connectivity index (χ4v) is 2.88.